The van der Waals surface area contributed by atoms with Crippen molar-refractivity contribution >= 4 is 11.7 Å². The highest BCUT2D eigenvalue weighted by Gasteiger charge is 2.17. The molecule has 3 heterocycles. The van der Waals surface area contributed by atoms with Gasteiger partial charge in [-0.25, -0.2) is 15.0 Å². The Morgan fingerprint density at radius 3 is 2.88 bits per heavy atom. The molecule has 4 rings (SSSR count). The third-order valence-electron chi connectivity index (χ3n) is 5.72. The number of hydrogen-bond donors (Lipinski definition) is 1. The molecule has 2 aromatic heterocycles. The van der Waals surface area contributed by atoms with Gasteiger partial charge in [-0.1, -0.05) is 0 Å². The number of carbonyl (C=O) groups is 1. The Balaban J connectivity index is 1.53. The number of nitrogens with two attached hydrogens (primary N) is 1. The van der Waals surface area contributed by atoms with Gasteiger partial charge in [-0.3, -0.25) is 4.79 Å². The van der Waals surface area contributed by atoms with Crippen molar-refractivity contribution < 1.29 is 9.53 Å². The predicted molar refractivity (Wildman–Crippen MR) is 131 cm³/mol. The molecule has 0 radical (unpaired) electrons. The first-order valence-electron chi connectivity index (χ1n) is 11.0. The molecule has 0 saturated heterocycles. The van der Waals surface area contributed by atoms with Crippen LogP contribution < -0.4 is 10.5 Å². The minimum atomic E-state index is -0.285. The summed E-state index contributed by atoms with van der Waals surface area (Å²) in [6, 6.07) is 7.92. The maximum Gasteiger partial charge on any atom is 0.298 e. The lowest BCUT2D eigenvalue weighted by Gasteiger charge is -2.27. The van der Waals surface area contributed by atoms with Crippen LogP contribution >= 0.6 is 0 Å². The molecule has 0 fully saturated rings. The summed E-state index contributed by atoms with van der Waals surface area (Å²) >= 11 is 0. The fourth-order valence-electron chi connectivity index (χ4n) is 3.85. The summed E-state index contributed by atoms with van der Waals surface area (Å²) in [4.78, 5) is 28.6. The second kappa shape index (κ2) is 9.89. The molecule has 1 aliphatic rings. The van der Waals surface area contributed by atoms with E-state index in [1.807, 2.05) is 6.07 Å². The summed E-state index contributed by atoms with van der Waals surface area (Å²) in [6.45, 7) is 4.35. The largest absolute Gasteiger partial charge is 0.470 e. The monoisotopic (exact) mass is 456 g/mol. The number of pyridine rings is 1. The zero-order chi connectivity index (χ0) is 24.2. The van der Waals surface area contributed by atoms with Gasteiger partial charge >= 0.3 is 0 Å². The van der Waals surface area contributed by atoms with E-state index in [9.17, 15) is 4.79 Å². The number of benzene rings is 1. The summed E-state index contributed by atoms with van der Waals surface area (Å²) in [7, 11) is 5.44. The number of carbonyl (C=O) groups excluding carboxylic acids is 1. The van der Waals surface area contributed by atoms with Gasteiger partial charge in [0.15, 0.2) is 5.82 Å². The summed E-state index contributed by atoms with van der Waals surface area (Å²) in [5.74, 6) is 5.54. The van der Waals surface area contributed by atoms with Gasteiger partial charge in [0.1, 0.15) is 12.3 Å². The van der Waals surface area contributed by atoms with Gasteiger partial charge in [0.05, 0.1) is 11.9 Å². The molecule has 174 valence electrons. The van der Waals surface area contributed by atoms with Crippen molar-refractivity contribution in [2.75, 3.05) is 33.4 Å². The van der Waals surface area contributed by atoms with E-state index in [0.717, 1.165) is 30.6 Å². The molecule has 0 spiro atoms. The normalized spacial score (nSPS) is 12.9. The van der Waals surface area contributed by atoms with Crippen LogP contribution in [0.3, 0.4) is 0 Å². The molecular formula is C26H28N6O2. The lowest BCUT2D eigenvalue weighted by molar-refractivity contribution is -0.122. The average molecular weight is 457 g/mol. The van der Waals surface area contributed by atoms with Gasteiger partial charge in [-0.15, -0.1) is 0 Å². The van der Waals surface area contributed by atoms with E-state index in [-0.39, 0.29) is 24.2 Å². The van der Waals surface area contributed by atoms with Crippen LogP contribution in [0, 0.1) is 18.8 Å². The Morgan fingerprint density at radius 1 is 1.26 bits per heavy atom. The molecule has 0 bridgehead atoms. The number of rotatable bonds is 4. The van der Waals surface area contributed by atoms with Crippen molar-refractivity contribution in [3.05, 3.63) is 64.6 Å². The van der Waals surface area contributed by atoms with Crippen LogP contribution in [0.4, 0.5) is 5.82 Å². The van der Waals surface area contributed by atoms with Gasteiger partial charge in [0.2, 0.25) is 0 Å². The standard InChI is InChI=1S/C26H28N6O2/c1-17-11-19(13-20-15-32(4)10-8-22(17)20)23-14-29-25(27)26(30-23)34-16-18-7-9-28-21(12-18)5-6-24(33)31(2)3/h7,9,11-14H,8,10,15-16H2,1-4H3,(H2,27,29). The number of anilines is 1. The zero-order valence-corrected chi connectivity index (χ0v) is 19.9. The Kier molecular flexibility index (Phi) is 6.75. The number of hydrogen-bond acceptors (Lipinski definition) is 7. The first kappa shape index (κ1) is 23.2. The van der Waals surface area contributed by atoms with Crippen LogP contribution in [-0.4, -0.2) is 58.3 Å². The van der Waals surface area contributed by atoms with Gasteiger partial charge in [0, 0.05) is 44.9 Å². The minimum Gasteiger partial charge on any atom is -0.470 e. The molecule has 1 aromatic carbocycles. The van der Waals surface area contributed by atoms with Gasteiger partial charge in [-0.2, -0.15) is 0 Å². The highest BCUT2D eigenvalue weighted by atomic mass is 16.5. The first-order chi connectivity index (χ1) is 16.3. The number of fused-ring (bicyclic) bond motifs is 1. The number of nitrogens with zero attached hydrogens (tertiary/aromatic N) is 5. The van der Waals surface area contributed by atoms with E-state index < -0.39 is 0 Å². The fraction of sp³-hybridized carbons (Fsp3) is 0.308. The Labute approximate surface area is 199 Å². The molecule has 8 heteroatoms. The molecule has 2 N–H and O–H groups in total. The number of aromatic nitrogens is 3. The Morgan fingerprint density at radius 2 is 2.09 bits per heavy atom. The molecule has 0 unspecified atom stereocenters. The molecule has 8 nitrogen and oxygen atoms in total. The van der Waals surface area contributed by atoms with Gasteiger partial charge in [0.25, 0.3) is 11.8 Å². The van der Waals surface area contributed by atoms with E-state index in [0.29, 0.717) is 11.4 Å². The van der Waals surface area contributed by atoms with Crippen molar-refractivity contribution in [1.29, 1.82) is 0 Å². The quantitative estimate of drug-likeness (QED) is 0.602. The SMILES string of the molecule is Cc1cc(-c2cnc(N)c(OCc3ccnc(C#CC(=O)N(C)C)c3)n2)cc2c1CCN(C)C2. The second-order valence-electron chi connectivity index (χ2n) is 8.65. The summed E-state index contributed by atoms with van der Waals surface area (Å²) in [6.07, 6.45) is 4.36. The topological polar surface area (TPSA) is 97.5 Å². The van der Waals surface area contributed by atoms with Gasteiger partial charge in [-0.05, 0) is 72.8 Å². The van der Waals surface area contributed by atoms with Crippen molar-refractivity contribution in [1.82, 2.24) is 24.8 Å². The first-order valence-corrected chi connectivity index (χ1v) is 11.0. The predicted octanol–water partition coefficient (Wildman–Crippen LogP) is 2.44. The highest BCUT2D eigenvalue weighted by Crippen LogP contribution is 2.29. The Hall–Kier alpha value is -3.96. The van der Waals surface area contributed by atoms with Gasteiger partial charge < -0.3 is 20.3 Å². The smallest absolute Gasteiger partial charge is 0.298 e. The second-order valence-corrected chi connectivity index (χ2v) is 8.65. The molecule has 1 aliphatic heterocycles. The number of ether oxygens (including phenoxy) is 1. The number of likely N-dealkylation sites (N-methyl/N-ethyl adjacent to an activating group) is 1. The Bertz CT molecular complexity index is 1290. The van der Waals surface area contributed by atoms with Crippen LogP contribution in [0.1, 0.15) is 27.9 Å². The summed E-state index contributed by atoms with van der Waals surface area (Å²) in [5.41, 5.74) is 13.1. The third-order valence-corrected chi connectivity index (χ3v) is 5.72. The summed E-state index contributed by atoms with van der Waals surface area (Å²) < 4.78 is 5.91. The molecule has 0 atom stereocenters. The van der Waals surface area contributed by atoms with E-state index in [2.05, 4.69) is 57.8 Å². The number of amides is 1. The maximum atomic E-state index is 11.7. The molecule has 1 amide bonds. The van der Waals surface area contributed by atoms with E-state index in [1.54, 1.807) is 32.6 Å². The maximum absolute atomic E-state index is 11.7. The van der Waals surface area contributed by atoms with Crippen molar-refractivity contribution in [3.8, 4) is 29.0 Å². The number of nitrogen functional groups attached to an aromatic ring is 1. The molecule has 0 aliphatic carbocycles. The van der Waals surface area contributed by atoms with Crippen LogP contribution in [-0.2, 0) is 24.4 Å². The highest BCUT2D eigenvalue weighted by molar-refractivity contribution is 5.93. The van der Waals surface area contributed by atoms with Crippen LogP contribution in [0.25, 0.3) is 11.3 Å². The fourth-order valence-corrected chi connectivity index (χ4v) is 3.85. The molecule has 3 aromatic rings. The minimum absolute atomic E-state index is 0.217. The van der Waals surface area contributed by atoms with Crippen LogP contribution in [0.5, 0.6) is 5.88 Å². The third kappa shape index (κ3) is 5.33. The van der Waals surface area contributed by atoms with Crippen molar-refractivity contribution in [3.63, 3.8) is 0 Å². The zero-order valence-electron chi connectivity index (χ0n) is 19.9. The molecule has 34 heavy (non-hydrogen) atoms. The van der Waals surface area contributed by atoms with E-state index in [4.69, 9.17) is 10.5 Å². The molecular weight excluding hydrogens is 428 g/mol. The lowest BCUT2D eigenvalue weighted by Crippen LogP contribution is -2.27. The average Bonchev–Trinajstić information content (AvgIpc) is 2.81. The molecule has 0 saturated carbocycles. The van der Waals surface area contributed by atoms with Crippen molar-refractivity contribution in [2.24, 2.45) is 0 Å². The van der Waals surface area contributed by atoms with Crippen molar-refractivity contribution in [2.45, 2.75) is 26.5 Å². The number of aryl methyl sites for hydroxylation is 1. The van der Waals surface area contributed by atoms with Crippen LogP contribution in [0.15, 0.2) is 36.7 Å². The lowest BCUT2D eigenvalue weighted by atomic mass is 9.92. The van der Waals surface area contributed by atoms with E-state index in [1.165, 1.54) is 21.6 Å². The van der Waals surface area contributed by atoms with Crippen LogP contribution in [0.2, 0.25) is 0 Å². The summed E-state index contributed by atoms with van der Waals surface area (Å²) in [5, 5.41) is 0. The van der Waals surface area contributed by atoms with E-state index >= 15 is 0 Å².